The first-order chi connectivity index (χ1) is 15.5. The Morgan fingerprint density at radius 1 is 1.12 bits per heavy atom. The topological polar surface area (TPSA) is 45.2 Å². The molecule has 2 aromatic carbocycles. The summed E-state index contributed by atoms with van der Waals surface area (Å²) in [6.45, 7) is 7.68. The molecule has 6 heteroatoms. The number of hydrogen-bond acceptors (Lipinski definition) is 4. The number of carbonyl (C=O) groups excluding carboxylic acids is 1. The van der Waals surface area contributed by atoms with E-state index in [1.54, 1.807) is 0 Å². The number of anilines is 1. The van der Waals surface area contributed by atoms with Gasteiger partial charge in [0.1, 0.15) is 5.15 Å². The molecule has 0 aliphatic carbocycles. The number of likely N-dealkylation sites (tertiary alicyclic amines) is 1. The number of nitrogens with one attached hydrogen (secondary N) is 1. The molecule has 1 aliphatic rings. The molecule has 3 heterocycles. The van der Waals surface area contributed by atoms with E-state index in [4.69, 9.17) is 11.6 Å². The number of halogens is 1. The Kier molecular flexibility index (Phi) is 5.89. The molecule has 4 nitrogen and oxygen atoms in total. The molecule has 0 saturated carbocycles. The summed E-state index contributed by atoms with van der Waals surface area (Å²) >= 11 is 7.88. The summed E-state index contributed by atoms with van der Waals surface area (Å²) in [7, 11) is 0. The number of piperidine rings is 1. The first-order valence-corrected chi connectivity index (χ1v) is 12.3. The predicted molar refractivity (Wildman–Crippen MR) is 135 cm³/mol. The minimum absolute atomic E-state index is 0.124. The maximum atomic E-state index is 13.0. The van der Waals surface area contributed by atoms with E-state index in [-0.39, 0.29) is 5.91 Å². The van der Waals surface area contributed by atoms with Gasteiger partial charge < -0.3 is 5.32 Å². The largest absolute Gasteiger partial charge is 0.321 e. The number of fused-ring (bicyclic) bond motifs is 3. The number of aryl methyl sites for hydroxylation is 1. The highest BCUT2D eigenvalue weighted by molar-refractivity contribution is 7.22. The van der Waals surface area contributed by atoms with Gasteiger partial charge in [-0.3, -0.25) is 9.69 Å². The van der Waals surface area contributed by atoms with Gasteiger partial charge in [-0.2, -0.15) is 0 Å². The molecular formula is C26H26ClN3OS. The van der Waals surface area contributed by atoms with Gasteiger partial charge in [0.25, 0.3) is 5.91 Å². The van der Waals surface area contributed by atoms with Crippen molar-refractivity contribution in [2.45, 2.75) is 33.2 Å². The van der Waals surface area contributed by atoms with Gasteiger partial charge in [-0.1, -0.05) is 42.3 Å². The highest BCUT2D eigenvalue weighted by Crippen LogP contribution is 2.36. The quantitative estimate of drug-likeness (QED) is 0.335. The molecule has 1 N–H and O–H groups in total. The number of rotatable bonds is 4. The molecule has 2 aromatic heterocycles. The Bertz CT molecular complexity index is 1290. The van der Waals surface area contributed by atoms with Crippen molar-refractivity contribution in [3.8, 4) is 0 Å². The highest BCUT2D eigenvalue weighted by atomic mass is 35.5. The minimum Gasteiger partial charge on any atom is -0.321 e. The van der Waals surface area contributed by atoms with Gasteiger partial charge in [-0.25, -0.2) is 4.98 Å². The Morgan fingerprint density at radius 2 is 1.88 bits per heavy atom. The number of aromatic nitrogens is 1. The molecule has 164 valence electrons. The molecule has 4 aromatic rings. The van der Waals surface area contributed by atoms with E-state index in [1.807, 2.05) is 30.3 Å². The van der Waals surface area contributed by atoms with E-state index in [1.165, 1.54) is 29.7 Å². The maximum Gasteiger partial charge on any atom is 0.265 e. The van der Waals surface area contributed by atoms with Gasteiger partial charge in [0, 0.05) is 27.7 Å². The summed E-state index contributed by atoms with van der Waals surface area (Å²) in [4.78, 5) is 20.6. The smallest absolute Gasteiger partial charge is 0.265 e. The molecule has 32 heavy (non-hydrogen) atoms. The maximum absolute atomic E-state index is 13.0. The zero-order valence-corrected chi connectivity index (χ0v) is 19.9. The Hall–Kier alpha value is -2.47. The standard InChI is InChI=1S/C26H26ClN3OS/c1-16-9-11-30(12-10-16)15-18-4-6-19(7-5-18)28-26(31)23-14-21-24(32-23)20-13-17(2)3-8-22(20)29-25(21)27/h3-8,13-14,16H,9-12,15H2,1-2H3,(H,28,31). The van der Waals surface area contributed by atoms with Crippen molar-refractivity contribution in [1.29, 1.82) is 0 Å². The van der Waals surface area contributed by atoms with Crippen LogP contribution in [0, 0.1) is 12.8 Å². The van der Waals surface area contributed by atoms with Gasteiger partial charge in [0.05, 0.1) is 10.4 Å². The summed E-state index contributed by atoms with van der Waals surface area (Å²) in [5, 5.41) is 5.32. The van der Waals surface area contributed by atoms with Crippen LogP contribution < -0.4 is 5.32 Å². The zero-order chi connectivity index (χ0) is 22.2. The van der Waals surface area contributed by atoms with E-state index >= 15 is 0 Å². The first kappa shape index (κ1) is 21.4. The van der Waals surface area contributed by atoms with Gasteiger partial charge in [-0.15, -0.1) is 11.3 Å². The lowest BCUT2D eigenvalue weighted by atomic mass is 9.99. The Labute approximate surface area is 197 Å². The van der Waals surface area contributed by atoms with E-state index in [0.717, 1.165) is 57.8 Å². The molecule has 0 spiro atoms. The number of pyridine rings is 1. The third kappa shape index (κ3) is 4.38. The molecule has 1 amide bonds. The number of hydrogen-bond donors (Lipinski definition) is 1. The fourth-order valence-corrected chi connectivity index (χ4v) is 5.69. The molecule has 0 radical (unpaired) electrons. The SMILES string of the molecule is Cc1ccc2nc(Cl)c3cc(C(=O)Nc4ccc(CN5CCC(C)CC5)cc4)sc3c2c1. The van der Waals surface area contributed by atoms with Crippen LogP contribution in [-0.2, 0) is 6.54 Å². The van der Waals surface area contributed by atoms with Crippen LogP contribution in [-0.4, -0.2) is 28.9 Å². The number of thiophene rings is 1. The number of carbonyl (C=O) groups is 1. The van der Waals surface area contributed by atoms with Gasteiger partial charge in [-0.05, 0) is 74.7 Å². The second kappa shape index (κ2) is 8.81. The molecule has 0 bridgehead atoms. The molecule has 0 unspecified atom stereocenters. The minimum atomic E-state index is -0.124. The summed E-state index contributed by atoms with van der Waals surface area (Å²) < 4.78 is 1.00. The van der Waals surface area contributed by atoms with E-state index < -0.39 is 0 Å². The van der Waals surface area contributed by atoms with E-state index in [0.29, 0.717) is 10.0 Å². The second-order valence-electron chi connectivity index (χ2n) is 8.89. The molecule has 0 atom stereocenters. The lowest BCUT2D eigenvalue weighted by Gasteiger charge is -2.30. The van der Waals surface area contributed by atoms with Crippen molar-refractivity contribution in [2.24, 2.45) is 5.92 Å². The number of nitrogens with zero attached hydrogens (tertiary/aromatic N) is 2. The molecule has 1 fully saturated rings. The van der Waals surface area contributed by atoms with Crippen molar-refractivity contribution in [3.05, 3.63) is 69.7 Å². The van der Waals surface area contributed by atoms with Crippen LogP contribution in [0.15, 0.2) is 48.5 Å². The van der Waals surface area contributed by atoms with Crippen LogP contribution in [0.25, 0.3) is 21.0 Å². The van der Waals surface area contributed by atoms with E-state index in [2.05, 4.69) is 47.2 Å². The molecular weight excluding hydrogens is 438 g/mol. The summed E-state index contributed by atoms with van der Waals surface area (Å²) in [6.07, 6.45) is 2.55. The van der Waals surface area contributed by atoms with Crippen LogP contribution in [0.3, 0.4) is 0 Å². The predicted octanol–water partition coefficient (Wildman–Crippen LogP) is 6.90. The van der Waals surface area contributed by atoms with Crippen molar-refractivity contribution in [3.63, 3.8) is 0 Å². The summed E-state index contributed by atoms with van der Waals surface area (Å²) in [5.41, 5.74) is 4.08. The highest BCUT2D eigenvalue weighted by Gasteiger charge is 2.17. The average Bonchev–Trinajstić information content (AvgIpc) is 3.24. The van der Waals surface area contributed by atoms with Crippen molar-refractivity contribution < 1.29 is 4.79 Å². The van der Waals surface area contributed by atoms with Crippen LogP contribution in [0.4, 0.5) is 5.69 Å². The number of amides is 1. The van der Waals surface area contributed by atoms with Crippen molar-refractivity contribution in [1.82, 2.24) is 9.88 Å². The fraction of sp³-hybridized carbons (Fsp3) is 0.308. The third-order valence-corrected chi connectivity index (χ3v) is 7.74. The Balaban J connectivity index is 1.33. The van der Waals surface area contributed by atoms with E-state index in [9.17, 15) is 4.79 Å². The van der Waals surface area contributed by atoms with Gasteiger partial charge >= 0.3 is 0 Å². The second-order valence-corrected chi connectivity index (χ2v) is 10.3. The van der Waals surface area contributed by atoms with Crippen LogP contribution >= 0.6 is 22.9 Å². The normalized spacial score (nSPS) is 15.5. The van der Waals surface area contributed by atoms with Crippen LogP contribution in [0.2, 0.25) is 5.15 Å². The third-order valence-electron chi connectivity index (χ3n) is 6.29. The molecule has 1 saturated heterocycles. The monoisotopic (exact) mass is 463 g/mol. The lowest BCUT2D eigenvalue weighted by Crippen LogP contribution is -2.32. The van der Waals surface area contributed by atoms with Gasteiger partial charge in [0.2, 0.25) is 0 Å². The fourth-order valence-electron chi connectivity index (χ4n) is 4.32. The first-order valence-electron chi connectivity index (χ1n) is 11.1. The van der Waals surface area contributed by atoms with Crippen molar-refractivity contribution >= 4 is 55.5 Å². The molecule has 1 aliphatic heterocycles. The Morgan fingerprint density at radius 3 is 2.62 bits per heavy atom. The van der Waals surface area contributed by atoms with Crippen molar-refractivity contribution in [2.75, 3.05) is 18.4 Å². The van der Waals surface area contributed by atoms with Gasteiger partial charge in [0.15, 0.2) is 0 Å². The zero-order valence-electron chi connectivity index (χ0n) is 18.3. The van der Waals surface area contributed by atoms with Crippen LogP contribution in [0.5, 0.6) is 0 Å². The molecule has 5 rings (SSSR count). The average molecular weight is 464 g/mol. The number of benzene rings is 2. The van der Waals surface area contributed by atoms with Crippen LogP contribution in [0.1, 0.15) is 40.6 Å². The summed E-state index contributed by atoms with van der Waals surface area (Å²) in [5.74, 6) is 0.714. The summed E-state index contributed by atoms with van der Waals surface area (Å²) in [6, 6.07) is 16.1. The lowest BCUT2D eigenvalue weighted by molar-refractivity contribution is 0.103.